The minimum Gasteiger partial charge on any atom is -0.336 e. The molecule has 0 fully saturated rings. The average molecular weight is 280 g/mol. The molecule has 0 aliphatic heterocycles. The van der Waals surface area contributed by atoms with Crippen LogP contribution in [0.15, 0.2) is 34.2 Å². The van der Waals surface area contributed by atoms with Crippen molar-refractivity contribution in [3.63, 3.8) is 0 Å². The summed E-state index contributed by atoms with van der Waals surface area (Å²) in [5, 5.41) is 0. The van der Waals surface area contributed by atoms with Crippen molar-refractivity contribution < 1.29 is 0 Å². The molecule has 3 aromatic rings. The summed E-state index contributed by atoms with van der Waals surface area (Å²) in [7, 11) is 0. The standard InChI is InChI=1S/C10H6BrN3S/c11-8-4-3-7(15-8)10-13-6-2-1-5-12-9(6)14-10/h1-5H,(H,12,13,14). The van der Waals surface area contributed by atoms with Gasteiger partial charge in [-0.05, 0) is 40.2 Å². The van der Waals surface area contributed by atoms with E-state index in [0.29, 0.717) is 0 Å². The molecule has 0 atom stereocenters. The van der Waals surface area contributed by atoms with Gasteiger partial charge in [0.15, 0.2) is 11.5 Å². The number of H-pyrrole nitrogens is 1. The van der Waals surface area contributed by atoms with E-state index in [1.54, 1.807) is 17.5 Å². The van der Waals surface area contributed by atoms with Crippen LogP contribution in [0, 0.1) is 0 Å². The Kier molecular flexibility index (Phi) is 2.07. The predicted octanol–water partition coefficient (Wildman–Crippen LogP) is 3.45. The maximum absolute atomic E-state index is 4.42. The number of halogens is 1. The van der Waals surface area contributed by atoms with Gasteiger partial charge in [-0.2, -0.15) is 0 Å². The van der Waals surface area contributed by atoms with Gasteiger partial charge in [0.05, 0.1) is 14.2 Å². The number of nitrogens with zero attached hydrogens (tertiary/aromatic N) is 2. The Balaban J connectivity index is 2.19. The van der Waals surface area contributed by atoms with Crippen LogP contribution < -0.4 is 0 Å². The van der Waals surface area contributed by atoms with Crippen molar-refractivity contribution >= 4 is 38.4 Å². The van der Waals surface area contributed by atoms with E-state index in [0.717, 1.165) is 25.7 Å². The van der Waals surface area contributed by atoms with E-state index in [4.69, 9.17) is 0 Å². The lowest BCUT2D eigenvalue weighted by Crippen LogP contribution is -1.73. The van der Waals surface area contributed by atoms with Crippen LogP contribution in [0.3, 0.4) is 0 Å². The number of rotatable bonds is 1. The first-order chi connectivity index (χ1) is 7.33. The molecular weight excluding hydrogens is 274 g/mol. The Morgan fingerprint density at radius 3 is 2.93 bits per heavy atom. The summed E-state index contributed by atoms with van der Waals surface area (Å²) in [4.78, 5) is 13.0. The molecule has 15 heavy (non-hydrogen) atoms. The number of aromatic nitrogens is 3. The molecule has 0 amide bonds. The van der Waals surface area contributed by atoms with Crippen LogP contribution in [0.5, 0.6) is 0 Å². The molecule has 0 spiro atoms. The zero-order valence-electron chi connectivity index (χ0n) is 7.57. The third-order valence-electron chi connectivity index (χ3n) is 2.06. The fraction of sp³-hybridized carbons (Fsp3) is 0. The van der Waals surface area contributed by atoms with Crippen molar-refractivity contribution in [2.75, 3.05) is 0 Å². The van der Waals surface area contributed by atoms with Crippen molar-refractivity contribution in [3.8, 4) is 10.7 Å². The number of nitrogens with one attached hydrogen (secondary N) is 1. The fourth-order valence-corrected chi connectivity index (χ4v) is 2.73. The molecule has 0 aliphatic rings. The van der Waals surface area contributed by atoms with Crippen molar-refractivity contribution in [1.82, 2.24) is 15.0 Å². The summed E-state index contributed by atoms with van der Waals surface area (Å²) < 4.78 is 1.10. The van der Waals surface area contributed by atoms with Gasteiger partial charge in [0.1, 0.15) is 0 Å². The second kappa shape index (κ2) is 3.43. The summed E-state index contributed by atoms with van der Waals surface area (Å²) >= 11 is 5.09. The largest absolute Gasteiger partial charge is 0.336 e. The predicted molar refractivity (Wildman–Crippen MR) is 64.9 cm³/mol. The second-order valence-corrected chi connectivity index (χ2v) is 5.53. The average Bonchev–Trinajstić information content (AvgIpc) is 2.82. The van der Waals surface area contributed by atoms with E-state index in [1.807, 2.05) is 24.3 Å². The van der Waals surface area contributed by atoms with Gasteiger partial charge in [-0.25, -0.2) is 9.97 Å². The Morgan fingerprint density at radius 1 is 1.27 bits per heavy atom. The number of fused-ring (bicyclic) bond motifs is 1. The highest BCUT2D eigenvalue weighted by Crippen LogP contribution is 2.30. The lowest BCUT2D eigenvalue weighted by atomic mass is 10.4. The monoisotopic (exact) mass is 279 g/mol. The highest BCUT2D eigenvalue weighted by Gasteiger charge is 2.07. The summed E-state index contributed by atoms with van der Waals surface area (Å²) in [6.07, 6.45) is 1.75. The van der Waals surface area contributed by atoms with Crippen molar-refractivity contribution in [3.05, 3.63) is 34.2 Å². The van der Waals surface area contributed by atoms with Gasteiger partial charge in [-0.1, -0.05) is 0 Å². The van der Waals surface area contributed by atoms with Crippen LogP contribution >= 0.6 is 27.3 Å². The molecule has 0 aromatic carbocycles. The van der Waals surface area contributed by atoms with Gasteiger partial charge < -0.3 is 4.98 Å². The zero-order valence-corrected chi connectivity index (χ0v) is 9.97. The van der Waals surface area contributed by atoms with Crippen molar-refractivity contribution in [2.45, 2.75) is 0 Å². The number of thiophene rings is 1. The van der Waals surface area contributed by atoms with Gasteiger partial charge in [0.2, 0.25) is 0 Å². The minimum absolute atomic E-state index is 0.761. The summed E-state index contributed by atoms with van der Waals surface area (Å²) in [6.45, 7) is 0. The van der Waals surface area contributed by atoms with Gasteiger partial charge in [0.25, 0.3) is 0 Å². The van der Waals surface area contributed by atoms with E-state index in [1.165, 1.54) is 0 Å². The molecule has 0 aliphatic carbocycles. The molecule has 3 aromatic heterocycles. The molecule has 0 saturated heterocycles. The van der Waals surface area contributed by atoms with E-state index < -0.39 is 0 Å². The molecule has 0 bridgehead atoms. The maximum atomic E-state index is 4.42. The molecule has 0 radical (unpaired) electrons. The molecule has 3 nitrogen and oxygen atoms in total. The topological polar surface area (TPSA) is 41.6 Å². The van der Waals surface area contributed by atoms with Crippen LogP contribution in [0.2, 0.25) is 0 Å². The van der Waals surface area contributed by atoms with Crippen LogP contribution in [-0.4, -0.2) is 15.0 Å². The molecular formula is C10H6BrN3S. The smallest absolute Gasteiger partial charge is 0.178 e. The van der Waals surface area contributed by atoms with Crippen LogP contribution in [0.25, 0.3) is 21.9 Å². The highest BCUT2D eigenvalue weighted by molar-refractivity contribution is 9.11. The number of pyridine rings is 1. The minimum atomic E-state index is 0.761. The first kappa shape index (κ1) is 9.06. The van der Waals surface area contributed by atoms with E-state index in [-0.39, 0.29) is 0 Å². The molecule has 5 heteroatoms. The summed E-state index contributed by atoms with van der Waals surface area (Å²) in [5.41, 5.74) is 1.73. The SMILES string of the molecule is Brc1ccc(-c2nc3ncccc3[nH]2)s1. The fourth-order valence-electron chi connectivity index (χ4n) is 1.40. The van der Waals surface area contributed by atoms with E-state index >= 15 is 0 Å². The summed E-state index contributed by atoms with van der Waals surface area (Å²) in [6, 6.07) is 7.92. The zero-order chi connectivity index (χ0) is 10.3. The molecule has 74 valence electrons. The first-order valence-corrected chi connectivity index (χ1v) is 6.00. The normalized spacial score (nSPS) is 11.0. The molecule has 3 heterocycles. The van der Waals surface area contributed by atoms with Crippen molar-refractivity contribution in [2.24, 2.45) is 0 Å². The Bertz CT molecular complexity index is 581. The van der Waals surface area contributed by atoms with Crippen LogP contribution in [-0.2, 0) is 0 Å². The molecule has 0 saturated carbocycles. The third kappa shape index (κ3) is 1.57. The van der Waals surface area contributed by atoms with Crippen LogP contribution in [0.1, 0.15) is 0 Å². The maximum Gasteiger partial charge on any atom is 0.178 e. The lowest BCUT2D eigenvalue weighted by molar-refractivity contribution is 1.31. The van der Waals surface area contributed by atoms with Gasteiger partial charge in [-0.3, -0.25) is 0 Å². The number of hydrogen-bond acceptors (Lipinski definition) is 3. The molecule has 1 N–H and O–H groups in total. The van der Waals surface area contributed by atoms with Gasteiger partial charge in [-0.15, -0.1) is 11.3 Å². The van der Waals surface area contributed by atoms with Gasteiger partial charge in [0, 0.05) is 6.20 Å². The summed E-state index contributed by atoms with van der Waals surface area (Å²) in [5.74, 6) is 0.874. The number of hydrogen-bond donors (Lipinski definition) is 1. The Hall–Kier alpha value is -1.20. The molecule has 0 unspecified atom stereocenters. The number of imidazole rings is 1. The Morgan fingerprint density at radius 2 is 2.20 bits per heavy atom. The Labute approximate surface area is 98.3 Å². The van der Waals surface area contributed by atoms with Gasteiger partial charge >= 0.3 is 0 Å². The van der Waals surface area contributed by atoms with Crippen molar-refractivity contribution in [1.29, 1.82) is 0 Å². The number of aromatic amines is 1. The second-order valence-electron chi connectivity index (χ2n) is 3.06. The third-order valence-corrected chi connectivity index (χ3v) is 3.69. The van der Waals surface area contributed by atoms with Crippen LogP contribution in [0.4, 0.5) is 0 Å². The lowest BCUT2D eigenvalue weighted by Gasteiger charge is -1.86. The molecule has 3 rings (SSSR count). The van der Waals surface area contributed by atoms with E-state index in [9.17, 15) is 0 Å². The quantitative estimate of drug-likeness (QED) is 0.741. The first-order valence-electron chi connectivity index (χ1n) is 4.39. The van der Waals surface area contributed by atoms with E-state index in [2.05, 4.69) is 30.9 Å². The highest BCUT2D eigenvalue weighted by atomic mass is 79.9.